The number of carboxylic acids is 2. The molecule has 0 saturated heterocycles. The van der Waals surface area contributed by atoms with Crippen molar-refractivity contribution in [3.8, 4) is 0 Å². The molecule has 2 aromatic carbocycles. The Morgan fingerprint density at radius 1 is 0.962 bits per heavy atom. The average molecular weight is 357 g/mol. The Labute approximate surface area is 150 Å². The highest BCUT2D eigenvalue weighted by atomic mass is 16.5. The molecule has 0 heterocycles. The fourth-order valence-corrected chi connectivity index (χ4v) is 2.45. The van der Waals surface area contributed by atoms with Crippen LogP contribution in [-0.4, -0.2) is 34.3 Å². The monoisotopic (exact) mass is 357 g/mol. The van der Waals surface area contributed by atoms with Crippen LogP contribution in [0.3, 0.4) is 0 Å². The van der Waals surface area contributed by atoms with Crippen LogP contribution in [-0.2, 0) is 17.8 Å². The zero-order chi connectivity index (χ0) is 19.1. The number of rotatable bonds is 7. The van der Waals surface area contributed by atoms with E-state index in [1.807, 2.05) is 30.3 Å². The molecule has 1 atom stereocenters. The summed E-state index contributed by atoms with van der Waals surface area (Å²) in [6.07, 6.45) is -0.248. The summed E-state index contributed by atoms with van der Waals surface area (Å²) in [5.74, 6) is -2.61. The molecule has 7 nitrogen and oxygen atoms in total. The van der Waals surface area contributed by atoms with Crippen LogP contribution in [0.15, 0.2) is 48.5 Å². The van der Waals surface area contributed by atoms with E-state index in [-0.39, 0.29) is 23.8 Å². The van der Waals surface area contributed by atoms with E-state index in [1.54, 1.807) is 6.92 Å². The topological polar surface area (TPSA) is 113 Å². The standard InChI is InChI=1S/C19H19NO6/c1-12(20-19(25)26-11-13-5-3-2-4-6-13)9-14-7-8-15(17(21)22)16(10-14)18(23)24/h2-8,10,12H,9,11H2,1H3,(H,20,25)(H,21,22)(H,23,24). The summed E-state index contributed by atoms with van der Waals surface area (Å²) in [6.45, 7) is 1.89. The summed E-state index contributed by atoms with van der Waals surface area (Å²) in [4.78, 5) is 34.1. The lowest BCUT2D eigenvalue weighted by atomic mass is 10.00. The zero-order valence-corrected chi connectivity index (χ0v) is 14.1. The first-order valence-electron chi connectivity index (χ1n) is 7.93. The van der Waals surface area contributed by atoms with E-state index in [4.69, 9.17) is 14.9 Å². The van der Waals surface area contributed by atoms with Gasteiger partial charge in [-0.25, -0.2) is 14.4 Å². The summed E-state index contributed by atoms with van der Waals surface area (Å²) >= 11 is 0. The first-order chi connectivity index (χ1) is 12.4. The fourth-order valence-electron chi connectivity index (χ4n) is 2.45. The number of hydrogen-bond donors (Lipinski definition) is 3. The molecule has 0 fully saturated rings. The minimum absolute atomic E-state index is 0.149. The Bertz CT molecular complexity index is 803. The number of carbonyl (C=O) groups excluding carboxylic acids is 1. The van der Waals surface area contributed by atoms with Gasteiger partial charge in [-0.2, -0.15) is 0 Å². The molecule has 2 aromatic rings. The van der Waals surface area contributed by atoms with Gasteiger partial charge in [0.2, 0.25) is 0 Å². The number of ether oxygens (including phenoxy) is 1. The van der Waals surface area contributed by atoms with Gasteiger partial charge in [0.05, 0.1) is 11.1 Å². The summed E-state index contributed by atoms with van der Waals surface area (Å²) in [5, 5.41) is 20.8. The largest absolute Gasteiger partial charge is 0.478 e. The predicted molar refractivity (Wildman–Crippen MR) is 93.3 cm³/mol. The first kappa shape index (κ1) is 19.0. The normalized spacial score (nSPS) is 11.4. The lowest BCUT2D eigenvalue weighted by Crippen LogP contribution is -2.34. The number of hydrogen-bond acceptors (Lipinski definition) is 4. The van der Waals surface area contributed by atoms with Gasteiger partial charge in [-0.1, -0.05) is 36.4 Å². The van der Waals surface area contributed by atoms with Crippen LogP contribution < -0.4 is 5.32 Å². The van der Waals surface area contributed by atoms with Crippen LogP contribution in [0.5, 0.6) is 0 Å². The number of alkyl carbamates (subject to hydrolysis) is 1. The quantitative estimate of drug-likeness (QED) is 0.702. The maximum Gasteiger partial charge on any atom is 0.407 e. The van der Waals surface area contributed by atoms with Crippen molar-refractivity contribution in [3.05, 3.63) is 70.8 Å². The minimum Gasteiger partial charge on any atom is -0.478 e. The number of nitrogens with one attached hydrogen (secondary N) is 1. The van der Waals surface area contributed by atoms with Crippen molar-refractivity contribution in [2.75, 3.05) is 0 Å². The molecule has 2 rings (SSSR count). The van der Waals surface area contributed by atoms with Crippen molar-refractivity contribution in [1.82, 2.24) is 5.32 Å². The molecule has 0 aliphatic carbocycles. The second-order valence-electron chi connectivity index (χ2n) is 5.80. The molecular formula is C19H19NO6. The van der Waals surface area contributed by atoms with Crippen molar-refractivity contribution in [3.63, 3.8) is 0 Å². The van der Waals surface area contributed by atoms with E-state index in [0.717, 1.165) is 5.56 Å². The van der Waals surface area contributed by atoms with Gasteiger partial charge in [0.25, 0.3) is 0 Å². The second kappa shape index (κ2) is 8.66. The van der Waals surface area contributed by atoms with Gasteiger partial charge in [-0.3, -0.25) is 0 Å². The third-order valence-electron chi connectivity index (χ3n) is 3.66. The number of benzene rings is 2. The number of aromatic carboxylic acids is 2. The van der Waals surface area contributed by atoms with E-state index in [9.17, 15) is 14.4 Å². The molecule has 3 N–H and O–H groups in total. The van der Waals surface area contributed by atoms with Crippen LogP contribution in [0.4, 0.5) is 4.79 Å². The molecule has 0 aliphatic rings. The maximum absolute atomic E-state index is 11.8. The van der Waals surface area contributed by atoms with Crippen molar-refractivity contribution >= 4 is 18.0 Å². The molecule has 26 heavy (non-hydrogen) atoms. The lowest BCUT2D eigenvalue weighted by Gasteiger charge is -2.15. The van der Waals surface area contributed by atoms with E-state index in [2.05, 4.69) is 5.32 Å². The number of carbonyl (C=O) groups is 3. The molecule has 0 radical (unpaired) electrons. The number of carboxylic acid groups (broad SMARTS) is 2. The van der Waals surface area contributed by atoms with Crippen LogP contribution in [0.1, 0.15) is 38.8 Å². The van der Waals surface area contributed by atoms with E-state index in [1.165, 1.54) is 18.2 Å². The lowest BCUT2D eigenvalue weighted by molar-refractivity contribution is 0.0651. The van der Waals surface area contributed by atoms with E-state index in [0.29, 0.717) is 12.0 Å². The van der Waals surface area contributed by atoms with Gasteiger partial charge in [0, 0.05) is 6.04 Å². The molecule has 136 valence electrons. The highest BCUT2D eigenvalue weighted by Crippen LogP contribution is 2.14. The van der Waals surface area contributed by atoms with Gasteiger partial charge >= 0.3 is 18.0 Å². The molecule has 0 saturated carbocycles. The fraction of sp³-hybridized carbons (Fsp3) is 0.211. The Morgan fingerprint density at radius 3 is 2.23 bits per heavy atom. The maximum atomic E-state index is 11.8. The molecule has 7 heteroatoms. The van der Waals surface area contributed by atoms with Gasteiger partial charge in [0.1, 0.15) is 6.61 Å². The number of amides is 1. The summed E-state index contributed by atoms with van der Waals surface area (Å²) in [7, 11) is 0. The van der Waals surface area contributed by atoms with Crippen LogP contribution in [0, 0.1) is 0 Å². The summed E-state index contributed by atoms with van der Waals surface area (Å²) < 4.78 is 5.13. The van der Waals surface area contributed by atoms with Crippen molar-refractivity contribution in [2.45, 2.75) is 26.0 Å². The molecule has 0 bridgehead atoms. The Kier molecular flexibility index (Phi) is 6.32. The molecule has 1 amide bonds. The van der Waals surface area contributed by atoms with Gasteiger partial charge in [0.15, 0.2) is 0 Å². The molecule has 0 aliphatic heterocycles. The summed E-state index contributed by atoms with van der Waals surface area (Å²) in [6, 6.07) is 13.0. The smallest absolute Gasteiger partial charge is 0.407 e. The average Bonchev–Trinajstić information content (AvgIpc) is 2.60. The second-order valence-corrected chi connectivity index (χ2v) is 5.80. The Balaban J connectivity index is 1.93. The van der Waals surface area contributed by atoms with Crippen LogP contribution >= 0.6 is 0 Å². The van der Waals surface area contributed by atoms with Crippen LogP contribution in [0.2, 0.25) is 0 Å². The zero-order valence-electron chi connectivity index (χ0n) is 14.1. The van der Waals surface area contributed by atoms with Gasteiger partial charge < -0.3 is 20.3 Å². The molecule has 1 unspecified atom stereocenters. The third kappa shape index (κ3) is 5.34. The van der Waals surface area contributed by atoms with Gasteiger partial charge in [-0.15, -0.1) is 0 Å². The predicted octanol–water partition coefficient (Wildman–Crippen LogP) is 2.94. The summed E-state index contributed by atoms with van der Waals surface area (Å²) in [5.41, 5.74) is 0.909. The van der Waals surface area contributed by atoms with E-state index < -0.39 is 18.0 Å². The first-order valence-corrected chi connectivity index (χ1v) is 7.93. The van der Waals surface area contributed by atoms with Crippen molar-refractivity contribution in [2.24, 2.45) is 0 Å². The van der Waals surface area contributed by atoms with Gasteiger partial charge in [-0.05, 0) is 36.6 Å². The highest BCUT2D eigenvalue weighted by Gasteiger charge is 2.17. The minimum atomic E-state index is -1.31. The highest BCUT2D eigenvalue weighted by molar-refractivity contribution is 6.01. The molecular weight excluding hydrogens is 338 g/mol. The Hall–Kier alpha value is -3.35. The van der Waals surface area contributed by atoms with E-state index >= 15 is 0 Å². The van der Waals surface area contributed by atoms with Crippen molar-refractivity contribution in [1.29, 1.82) is 0 Å². The van der Waals surface area contributed by atoms with Crippen LogP contribution in [0.25, 0.3) is 0 Å². The Morgan fingerprint density at radius 2 is 1.62 bits per heavy atom. The van der Waals surface area contributed by atoms with Crippen molar-refractivity contribution < 1.29 is 29.3 Å². The SMILES string of the molecule is CC(Cc1ccc(C(=O)O)c(C(=O)O)c1)NC(=O)OCc1ccccc1. The molecule has 0 aromatic heterocycles. The molecule has 0 spiro atoms. The third-order valence-corrected chi connectivity index (χ3v) is 3.66.